The van der Waals surface area contributed by atoms with Crippen molar-refractivity contribution in [2.24, 2.45) is 0 Å². The minimum absolute atomic E-state index is 0.0434. The van der Waals surface area contributed by atoms with E-state index in [1.54, 1.807) is 11.8 Å². The molecule has 0 N–H and O–H groups in total. The first-order valence-electron chi connectivity index (χ1n) is 9.53. The monoisotopic (exact) mass is 371 g/mol. The Kier molecular flexibility index (Phi) is 4.49. The van der Waals surface area contributed by atoms with Crippen LogP contribution in [-0.4, -0.2) is 49.6 Å². The van der Waals surface area contributed by atoms with Gasteiger partial charge in [0, 0.05) is 32.0 Å². The van der Waals surface area contributed by atoms with Crippen molar-refractivity contribution in [3.05, 3.63) is 35.0 Å². The molecule has 1 fully saturated rings. The predicted molar refractivity (Wildman–Crippen MR) is 96.9 cm³/mol. The summed E-state index contributed by atoms with van der Waals surface area (Å²) in [7, 11) is 0. The maximum absolute atomic E-state index is 13.1. The van der Waals surface area contributed by atoms with Crippen molar-refractivity contribution >= 4 is 11.8 Å². The summed E-state index contributed by atoms with van der Waals surface area (Å²) in [5, 5.41) is 8.70. The van der Waals surface area contributed by atoms with Crippen molar-refractivity contribution in [3.63, 3.8) is 0 Å². The molecule has 0 bridgehead atoms. The number of hydrogen-bond acceptors (Lipinski definition) is 5. The van der Waals surface area contributed by atoms with Gasteiger partial charge < -0.3 is 14.3 Å². The van der Waals surface area contributed by atoms with Gasteiger partial charge in [-0.1, -0.05) is 19.0 Å². The average Bonchev–Trinajstić information content (AvgIpc) is 3.37. The van der Waals surface area contributed by atoms with E-state index >= 15 is 0 Å². The smallest absolute Gasteiger partial charge is 0.274 e. The zero-order valence-electron chi connectivity index (χ0n) is 16.0. The van der Waals surface area contributed by atoms with Crippen LogP contribution in [0, 0.1) is 0 Å². The van der Waals surface area contributed by atoms with Crippen LogP contribution in [0.1, 0.15) is 73.2 Å². The minimum atomic E-state index is -0.0807. The van der Waals surface area contributed by atoms with Crippen LogP contribution >= 0.6 is 0 Å². The van der Waals surface area contributed by atoms with E-state index in [1.807, 2.05) is 21.7 Å². The van der Waals surface area contributed by atoms with Crippen LogP contribution < -0.4 is 0 Å². The lowest BCUT2D eigenvalue weighted by molar-refractivity contribution is -0.130. The van der Waals surface area contributed by atoms with Gasteiger partial charge in [-0.05, 0) is 18.9 Å². The predicted octanol–water partition coefficient (Wildman–Crippen LogP) is 2.33. The Hall–Kier alpha value is -2.64. The fraction of sp³-hybridized carbons (Fsp3) is 0.579. The number of rotatable bonds is 3. The highest BCUT2D eigenvalue weighted by Crippen LogP contribution is 2.33. The Morgan fingerprint density at radius 3 is 2.74 bits per heavy atom. The van der Waals surface area contributed by atoms with E-state index in [-0.39, 0.29) is 23.8 Å². The highest BCUT2D eigenvalue weighted by molar-refractivity contribution is 5.93. The van der Waals surface area contributed by atoms with Gasteiger partial charge in [0.15, 0.2) is 5.69 Å². The van der Waals surface area contributed by atoms with Crippen molar-refractivity contribution < 1.29 is 14.1 Å². The lowest BCUT2D eigenvalue weighted by Crippen LogP contribution is -2.36. The maximum Gasteiger partial charge on any atom is 0.274 e. The zero-order chi connectivity index (χ0) is 19.1. The first-order chi connectivity index (χ1) is 12.9. The largest absolute Gasteiger partial charge is 0.361 e. The third-order valence-electron chi connectivity index (χ3n) is 5.43. The molecule has 1 saturated heterocycles. The van der Waals surface area contributed by atoms with E-state index < -0.39 is 0 Å². The number of aromatic nitrogens is 3. The zero-order valence-corrected chi connectivity index (χ0v) is 16.0. The molecule has 0 spiro atoms. The van der Waals surface area contributed by atoms with Crippen LogP contribution in [0.15, 0.2) is 16.7 Å². The number of hydrogen-bond donors (Lipinski definition) is 0. The maximum atomic E-state index is 13.1. The third-order valence-corrected chi connectivity index (χ3v) is 5.43. The van der Waals surface area contributed by atoms with E-state index in [0.29, 0.717) is 31.9 Å². The summed E-state index contributed by atoms with van der Waals surface area (Å²) in [5.74, 6) is 1.07. The molecule has 2 aromatic rings. The summed E-state index contributed by atoms with van der Waals surface area (Å²) in [6.45, 7) is 8.11. The molecule has 144 valence electrons. The highest BCUT2D eigenvalue weighted by Gasteiger charge is 2.34. The summed E-state index contributed by atoms with van der Waals surface area (Å²) >= 11 is 0. The van der Waals surface area contributed by atoms with E-state index in [1.165, 1.54) is 0 Å². The molecule has 4 heterocycles. The molecule has 8 nitrogen and oxygen atoms in total. The molecule has 0 radical (unpaired) electrons. The van der Waals surface area contributed by atoms with Crippen molar-refractivity contribution in [1.82, 2.24) is 24.7 Å². The number of carbonyl (C=O) groups is 2. The van der Waals surface area contributed by atoms with Gasteiger partial charge in [-0.15, -0.1) is 0 Å². The van der Waals surface area contributed by atoms with Crippen LogP contribution in [0.3, 0.4) is 0 Å². The van der Waals surface area contributed by atoms with Gasteiger partial charge in [-0.3, -0.25) is 14.3 Å². The number of fused-ring (bicyclic) bond motifs is 1. The molecule has 27 heavy (non-hydrogen) atoms. The quantitative estimate of drug-likeness (QED) is 0.827. The third kappa shape index (κ3) is 3.24. The van der Waals surface area contributed by atoms with E-state index in [0.717, 1.165) is 30.0 Å². The molecule has 2 aliphatic heterocycles. The van der Waals surface area contributed by atoms with Crippen LogP contribution in [0.4, 0.5) is 0 Å². The molecule has 4 rings (SSSR count). The lowest BCUT2D eigenvalue weighted by Gasteiger charge is -2.26. The second-order valence-corrected chi connectivity index (χ2v) is 7.65. The number of nitrogens with zero attached hydrogens (tertiary/aromatic N) is 5. The standard InChI is InChI=1S/C19H25N5O3/c1-12(2)18-10-15(21-27-18)17-5-4-6-23(17)19(26)16-9-14-11-22(13(3)25)7-8-24(14)20-16/h9-10,12,17H,4-8,11H2,1-3H3. The van der Waals surface area contributed by atoms with Gasteiger partial charge in [0.05, 0.1) is 24.8 Å². The van der Waals surface area contributed by atoms with Crippen molar-refractivity contribution in [2.75, 3.05) is 13.1 Å². The first-order valence-corrected chi connectivity index (χ1v) is 9.53. The van der Waals surface area contributed by atoms with Gasteiger partial charge in [-0.2, -0.15) is 5.10 Å². The Balaban J connectivity index is 1.54. The molecule has 2 aromatic heterocycles. The minimum Gasteiger partial charge on any atom is -0.361 e. The topological polar surface area (TPSA) is 84.5 Å². The normalized spacial score (nSPS) is 19.6. The molecule has 8 heteroatoms. The molecule has 1 unspecified atom stereocenters. The number of likely N-dealkylation sites (tertiary alicyclic amines) is 1. The molecule has 1 atom stereocenters. The lowest BCUT2D eigenvalue weighted by atomic mass is 10.1. The van der Waals surface area contributed by atoms with Gasteiger partial charge in [-0.25, -0.2) is 0 Å². The van der Waals surface area contributed by atoms with Crippen LogP contribution in [0.2, 0.25) is 0 Å². The first kappa shape index (κ1) is 17.8. The fourth-order valence-corrected chi connectivity index (χ4v) is 3.84. The number of carbonyl (C=O) groups excluding carboxylic acids is 2. The summed E-state index contributed by atoms with van der Waals surface area (Å²) in [5.41, 5.74) is 2.16. The Labute approximate surface area is 158 Å². The highest BCUT2D eigenvalue weighted by atomic mass is 16.5. The van der Waals surface area contributed by atoms with E-state index in [4.69, 9.17) is 4.52 Å². The van der Waals surface area contributed by atoms with Gasteiger partial charge >= 0.3 is 0 Å². The molecule has 0 aliphatic carbocycles. The Morgan fingerprint density at radius 1 is 1.22 bits per heavy atom. The molecular weight excluding hydrogens is 346 g/mol. The molecule has 2 amide bonds. The molecule has 0 aromatic carbocycles. The Morgan fingerprint density at radius 2 is 2.04 bits per heavy atom. The van der Waals surface area contributed by atoms with Crippen LogP contribution in [0.25, 0.3) is 0 Å². The average molecular weight is 371 g/mol. The number of amides is 2. The van der Waals surface area contributed by atoms with Crippen molar-refractivity contribution in [2.45, 2.75) is 58.7 Å². The van der Waals surface area contributed by atoms with Gasteiger partial charge in [0.2, 0.25) is 5.91 Å². The second-order valence-electron chi connectivity index (χ2n) is 7.65. The van der Waals surface area contributed by atoms with Crippen LogP contribution in [-0.2, 0) is 17.9 Å². The van der Waals surface area contributed by atoms with Crippen molar-refractivity contribution in [1.29, 1.82) is 0 Å². The summed E-state index contributed by atoms with van der Waals surface area (Å²) in [4.78, 5) is 28.3. The molecular formula is C19H25N5O3. The molecule has 0 saturated carbocycles. The van der Waals surface area contributed by atoms with E-state index in [9.17, 15) is 9.59 Å². The van der Waals surface area contributed by atoms with Gasteiger partial charge in [0.25, 0.3) is 5.91 Å². The van der Waals surface area contributed by atoms with Crippen LogP contribution in [0.5, 0.6) is 0 Å². The second kappa shape index (κ2) is 6.83. The summed E-state index contributed by atoms with van der Waals surface area (Å²) in [6.07, 6.45) is 1.81. The van der Waals surface area contributed by atoms with E-state index in [2.05, 4.69) is 24.1 Å². The molecule has 2 aliphatic rings. The summed E-state index contributed by atoms with van der Waals surface area (Å²) < 4.78 is 7.27. The van der Waals surface area contributed by atoms with Gasteiger partial charge in [0.1, 0.15) is 11.5 Å². The summed E-state index contributed by atoms with van der Waals surface area (Å²) in [6, 6.07) is 3.71. The van der Waals surface area contributed by atoms with Crippen molar-refractivity contribution in [3.8, 4) is 0 Å². The SMILES string of the molecule is CC(=O)N1CCn2nc(C(=O)N3CCCC3c3cc(C(C)C)on3)cc2C1. The Bertz CT molecular complexity index is 869. The fourth-order valence-electron chi connectivity index (χ4n) is 3.84.